The average Bonchev–Trinajstić information content (AvgIpc) is 2.89. The molecular weight excluding hydrogens is 250 g/mol. The molecule has 0 radical (unpaired) electrons. The van der Waals surface area contributed by atoms with Crippen LogP contribution in [0, 0.1) is 0 Å². The largest absolute Gasteiger partial charge is 0.328 e. The lowest BCUT2D eigenvalue weighted by Crippen LogP contribution is -2.17. The Morgan fingerprint density at radius 1 is 1.47 bits per heavy atom. The smallest absolute Gasteiger partial charge is 0.194 e. The zero-order valence-corrected chi connectivity index (χ0v) is 11.1. The van der Waals surface area contributed by atoms with E-state index in [9.17, 15) is 0 Å². The summed E-state index contributed by atoms with van der Waals surface area (Å²) in [7, 11) is 0. The zero-order valence-electron chi connectivity index (χ0n) is 9.46. The van der Waals surface area contributed by atoms with E-state index in [0.29, 0.717) is 0 Å². The maximum atomic E-state index is 5.80. The molecule has 0 aliphatic rings. The summed E-state index contributed by atoms with van der Waals surface area (Å²) in [6.07, 6.45) is 2.93. The Balaban J connectivity index is 2.06. The fourth-order valence-electron chi connectivity index (χ4n) is 1.86. The van der Waals surface area contributed by atoms with Gasteiger partial charge in [0.15, 0.2) is 4.96 Å². The summed E-state index contributed by atoms with van der Waals surface area (Å²) in [6.45, 7) is 2.01. The van der Waals surface area contributed by atoms with Gasteiger partial charge in [-0.25, -0.2) is 4.98 Å². The number of aromatic nitrogens is 2. The topological polar surface area (TPSA) is 43.3 Å². The van der Waals surface area contributed by atoms with Gasteiger partial charge in [0.2, 0.25) is 0 Å². The highest BCUT2D eigenvalue weighted by Crippen LogP contribution is 2.29. The summed E-state index contributed by atoms with van der Waals surface area (Å²) < 4.78 is 2.16. The van der Waals surface area contributed by atoms with E-state index in [0.717, 1.165) is 17.1 Å². The van der Waals surface area contributed by atoms with Gasteiger partial charge in [-0.3, -0.25) is 4.40 Å². The van der Waals surface area contributed by atoms with Crippen molar-refractivity contribution < 1.29 is 0 Å². The minimum atomic E-state index is 0.157. The SMILES string of the molecule is CC(N)Cc1cn2c(-c3cccs3)csc2n1. The minimum absolute atomic E-state index is 0.157. The number of imidazole rings is 1. The van der Waals surface area contributed by atoms with Crippen molar-refractivity contribution in [1.82, 2.24) is 9.38 Å². The van der Waals surface area contributed by atoms with Crippen molar-refractivity contribution in [2.24, 2.45) is 5.73 Å². The van der Waals surface area contributed by atoms with E-state index in [4.69, 9.17) is 5.73 Å². The van der Waals surface area contributed by atoms with Crippen LogP contribution in [0.15, 0.2) is 29.1 Å². The molecule has 0 amide bonds. The van der Waals surface area contributed by atoms with Crippen molar-refractivity contribution >= 4 is 27.6 Å². The summed E-state index contributed by atoms with van der Waals surface area (Å²) in [4.78, 5) is 6.91. The zero-order chi connectivity index (χ0) is 11.8. The Kier molecular flexibility index (Phi) is 2.74. The van der Waals surface area contributed by atoms with Crippen LogP contribution in [-0.2, 0) is 6.42 Å². The van der Waals surface area contributed by atoms with Gasteiger partial charge in [-0.05, 0) is 18.4 Å². The number of nitrogens with two attached hydrogens (primary N) is 1. The lowest BCUT2D eigenvalue weighted by Gasteiger charge is -1.99. The number of rotatable bonds is 3. The van der Waals surface area contributed by atoms with Crippen LogP contribution in [-0.4, -0.2) is 15.4 Å². The van der Waals surface area contributed by atoms with Crippen LogP contribution in [0.4, 0.5) is 0 Å². The van der Waals surface area contributed by atoms with Crippen molar-refractivity contribution in [1.29, 1.82) is 0 Å². The molecule has 0 fully saturated rings. The predicted octanol–water partition coefficient (Wildman–Crippen LogP) is 3.01. The molecule has 5 heteroatoms. The molecule has 0 aromatic carbocycles. The van der Waals surface area contributed by atoms with Crippen LogP contribution < -0.4 is 5.73 Å². The second-order valence-electron chi connectivity index (χ2n) is 4.16. The van der Waals surface area contributed by atoms with Crippen LogP contribution >= 0.6 is 22.7 Å². The quantitative estimate of drug-likeness (QED) is 0.789. The van der Waals surface area contributed by atoms with Crippen LogP contribution in [0.3, 0.4) is 0 Å². The van der Waals surface area contributed by atoms with Gasteiger partial charge >= 0.3 is 0 Å². The Morgan fingerprint density at radius 3 is 3.06 bits per heavy atom. The first kappa shape index (κ1) is 11.0. The van der Waals surface area contributed by atoms with E-state index in [1.54, 1.807) is 22.7 Å². The fourth-order valence-corrected chi connectivity index (χ4v) is 3.57. The van der Waals surface area contributed by atoms with E-state index in [1.807, 2.05) is 6.92 Å². The molecule has 3 aromatic heterocycles. The van der Waals surface area contributed by atoms with Crippen LogP contribution in [0.2, 0.25) is 0 Å². The van der Waals surface area contributed by atoms with Crippen LogP contribution in [0.1, 0.15) is 12.6 Å². The van der Waals surface area contributed by atoms with Gasteiger partial charge in [-0.2, -0.15) is 0 Å². The van der Waals surface area contributed by atoms with Crippen LogP contribution in [0.5, 0.6) is 0 Å². The summed E-state index contributed by atoms with van der Waals surface area (Å²) in [5.74, 6) is 0. The van der Waals surface area contributed by atoms with Crippen molar-refractivity contribution in [2.75, 3.05) is 0 Å². The van der Waals surface area contributed by atoms with Crippen molar-refractivity contribution in [2.45, 2.75) is 19.4 Å². The van der Waals surface area contributed by atoms with Gasteiger partial charge < -0.3 is 5.73 Å². The van der Waals surface area contributed by atoms with E-state index in [-0.39, 0.29) is 6.04 Å². The van der Waals surface area contributed by atoms with Crippen LogP contribution in [0.25, 0.3) is 15.5 Å². The molecule has 88 valence electrons. The van der Waals surface area contributed by atoms with Gasteiger partial charge in [-0.15, -0.1) is 22.7 Å². The third kappa shape index (κ3) is 2.01. The van der Waals surface area contributed by atoms with E-state index < -0.39 is 0 Å². The number of hydrogen-bond acceptors (Lipinski definition) is 4. The van der Waals surface area contributed by atoms with E-state index in [1.165, 1.54) is 10.6 Å². The molecule has 0 bridgehead atoms. The summed E-state index contributed by atoms with van der Waals surface area (Å²) in [5.41, 5.74) is 8.10. The molecule has 3 rings (SSSR count). The number of thiazole rings is 1. The van der Waals surface area contributed by atoms with Crippen molar-refractivity contribution in [3.05, 3.63) is 34.8 Å². The third-order valence-corrected chi connectivity index (χ3v) is 4.30. The molecule has 3 aromatic rings. The Bertz CT molecular complexity index is 619. The van der Waals surface area contributed by atoms with E-state index >= 15 is 0 Å². The second-order valence-corrected chi connectivity index (χ2v) is 5.95. The normalized spacial score (nSPS) is 13.3. The number of nitrogens with zero attached hydrogens (tertiary/aromatic N) is 2. The number of thiophene rings is 1. The van der Waals surface area contributed by atoms with Gasteiger partial charge in [0.25, 0.3) is 0 Å². The molecule has 1 atom stereocenters. The molecule has 2 N–H and O–H groups in total. The standard InChI is InChI=1S/C12H13N3S2/c1-8(13)5-9-6-15-10(7-17-12(15)14-9)11-3-2-4-16-11/h2-4,6-8H,5,13H2,1H3. The summed E-state index contributed by atoms with van der Waals surface area (Å²) in [5, 5.41) is 4.25. The Labute approximate surface area is 108 Å². The maximum absolute atomic E-state index is 5.80. The number of fused-ring (bicyclic) bond motifs is 1. The first-order valence-electron chi connectivity index (χ1n) is 5.49. The highest BCUT2D eigenvalue weighted by Gasteiger charge is 2.11. The third-order valence-electron chi connectivity index (χ3n) is 2.56. The summed E-state index contributed by atoms with van der Waals surface area (Å²) >= 11 is 3.43. The van der Waals surface area contributed by atoms with Gasteiger partial charge in [0, 0.05) is 24.0 Å². The highest BCUT2D eigenvalue weighted by atomic mass is 32.1. The molecule has 0 spiro atoms. The average molecular weight is 263 g/mol. The first-order valence-corrected chi connectivity index (χ1v) is 7.25. The second kappa shape index (κ2) is 4.25. The molecule has 0 saturated heterocycles. The van der Waals surface area contributed by atoms with Gasteiger partial charge in [0.05, 0.1) is 16.3 Å². The van der Waals surface area contributed by atoms with E-state index in [2.05, 4.69) is 38.5 Å². The molecule has 3 nitrogen and oxygen atoms in total. The molecule has 1 unspecified atom stereocenters. The lowest BCUT2D eigenvalue weighted by atomic mass is 10.2. The minimum Gasteiger partial charge on any atom is -0.328 e. The molecule has 0 aliphatic heterocycles. The Morgan fingerprint density at radius 2 is 2.35 bits per heavy atom. The Hall–Kier alpha value is -1.17. The monoisotopic (exact) mass is 263 g/mol. The number of hydrogen-bond donors (Lipinski definition) is 1. The molecular formula is C12H13N3S2. The highest BCUT2D eigenvalue weighted by molar-refractivity contribution is 7.16. The molecule has 17 heavy (non-hydrogen) atoms. The molecule has 3 heterocycles. The van der Waals surface area contributed by atoms with Crippen molar-refractivity contribution in [3.63, 3.8) is 0 Å². The maximum Gasteiger partial charge on any atom is 0.194 e. The summed E-state index contributed by atoms with van der Waals surface area (Å²) in [6, 6.07) is 4.37. The lowest BCUT2D eigenvalue weighted by molar-refractivity contribution is 0.726. The molecule has 0 aliphatic carbocycles. The van der Waals surface area contributed by atoms with Crippen molar-refractivity contribution in [3.8, 4) is 10.6 Å². The fraction of sp³-hybridized carbons (Fsp3) is 0.250. The van der Waals surface area contributed by atoms with Gasteiger partial charge in [-0.1, -0.05) is 6.07 Å². The first-order chi connectivity index (χ1) is 8.24. The molecule has 0 saturated carbocycles. The van der Waals surface area contributed by atoms with Gasteiger partial charge in [0.1, 0.15) is 0 Å². The predicted molar refractivity (Wildman–Crippen MR) is 73.7 cm³/mol.